The van der Waals surface area contributed by atoms with Crippen LogP contribution >= 0.6 is 0 Å². The van der Waals surface area contributed by atoms with E-state index in [1.54, 1.807) is 6.07 Å². The van der Waals surface area contributed by atoms with Gasteiger partial charge in [-0.2, -0.15) is 4.89 Å². The second-order valence-corrected chi connectivity index (χ2v) is 4.48. The van der Waals surface area contributed by atoms with Gasteiger partial charge < -0.3 is 4.74 Å². The number of rotatable bonds is 8. The van der Waals surface area contributed by atoms with E-state index in [0.717, 1.165) is 24.0 Å². The average Bonchev–Trinajstić information content (AvgIpc) is 2.37. The van der Waals surface area contributed by atoms with Gasteiger partial charge in [0.2, 0.25) is 0 Å². The molecular weight excluding hydrogens is 244 g/mol. The van der Waals surface area contributed by atoms with Gasteiger partial charge in [0, 0.05) is 6.61 Å². The highest BCUT2D eigenvalue weighted by atomic mass is 17.2. The number of carbonyl (C=O) groups is 1. The SMILES string of the molecule is CCCCOCCOOC(=O)c1ccc(C)cc1C. The number of benzene rings is 1. The topological polar surface area (TPSA) is 44.8 Å². The van der Waals surface area contributed by atoms with Crippen molar-refractivity contribution in [3.05, 3.63) is 34.9 Å². The lowest BCUT2D eigenvalue weighted by molar-refractivity contribution is -0.247. The van der Waals surface area contributed by atoms with Crippen LogP contribution in [0.2, 0.25) is 0 Å². The van der Waals surface area contributed by atoms with Gasteiger partial charge in [0.1, 0.15) is 6.61 Å². The Balaban J connectivity index is 2.24. The van der Waals surface area contributed by atoms with E-state index in [1.807, 2.05) is 26.0 Å². The monoisotopic (exact) mass is 266 g/mol. The Morgan fingerprint density at radius 2 is 1.95 bits per heavy atom. The van der Waals surface area contributed by atoms with E-state index in [0.29, 0.717) is 18.8 Å². The Labute approximate surface area is 114 Å². The van der Waals surface area contributed by atoms with Crippen LogP contribution in [0.5, 0.6) is 0 Å². The van der Waals surface area contributed by atoms with Crippen LogP contribution in [0.25, 0.3) is 0 Å². The van der Waals surface area contributed by atoms with Gasteiger partial charge in [-0.1, -0.05) is 31.0 Å². The van der Waals surface area contributed by atoms with Gasteiger partial charge in [0.15, 0.2) is 0 Å². The number of hydrogen-bond acceptors (Lipinski definition) is 4. The predicted octanol–water partition coefficient (Wildman–Crippen LogP) is 3.21. The molecule has 0 unspecified atom stereocenters. The fourth-order valence-corrected chi connectivity index (χ4v) is 1.62. The summed E-state index contributed by atoms with van der Waals surface area (Å²) in [5.41, 5.74) is 2.52. The van der Waals surface area contributed by atoms with Gasteiger partial charge >= 0.3 is 5.97 Å². The Hall–Kier alpha value is -1.39. The molecule has 0 heterocycles. The van der Waals surface area contributed by atoms with Crippen LogP contribution in [0.3, 0.4) is 0 Å². The Morgan fingerprint density at radius 1 is 1.16 bits per heavy atom. The molecule has 0 bridgehead atoms. The van der Waals surface area contributed by atoms with E-state index >= 15 is 0 Å². The molecule has 4 nitrogen and oxygen atoms in total. The van der Waals surface area contributed by atoms with Crippen molar-refractivity contribution in [1.82, 2.24) is 0 Å². The third kappa shape index (κ3) is 5.85. The zero-order valence-corrected chi connectivity index (χ0v) is 11.9. The summed E-state index contributed by atoms with van der Waals surface area (Å²) in [6.07, 6.45) is 2.13. The minimum absolute atomic E-state index is 0.250. The maximum Gasteiger partial charge on any atom is 0.373 e. The quantitative estimate of drug-likeness (QED) is 0.412. The molecule has 0 fully saturated rings. The van der Waals surface area contributed by atoms with Crippen molar-refractivity contribution in [2.24, 2.45) is 0 Å². The second-order valence-electron chi connectivity index (χ2n) is 4.48. The highest BCUT2D eigenvalue weighted by Gasteiger charge is 2.11. The molecule has 0 saturated carbocycles. The van der Waals surface area contributed by atoms with Gasteiger partial charge in [0.25, 0.3) is 0 Å². The molecule has 0 saturated heterocycles. The Bertz CT molecular complexity index is 401. The van der Waals surface area contributed by atoms with Crippen LogP contribution < -0.4 is 0 Å². The van der Waals surface area contributed by atoms with Crippen molar-refractivity contribution in [2.45, 2.75) is 33.6 Å². The van der Waals surface area contributed by atoms with Crippen molar-refractivity contribution in [1.29, 1.82) is 0 Å². The maximum atomic E-state index is 11.7. The molecule has 1 aromatic carbocycles. The molecule has 106 valence electrons. The van der Waals surface area contributed by atoms with E-state index in [9.17, 15) is 4.79 Å². The smallest absolute Gasteiger partial charge is 0.373 e. The third-order valence-electron chi connectivity index (χ3n) is 2.69. The summed E-state index contributed by atoms with van der Waals surface area (Å²) in [6.45, 7) is 7.35. The zero-order valence-electron chi connectivity index (χ0n) is 11.9. The first-order valence-corrected chi connectivity index (χ1v) is 6.64. The molecule has 0 atom stereocenters. The van der Waals surface area contributed by atoms with Gasteiger partial charge in [-0.3, -0.25) is 4.89 Å². The molecule has 1 aromatic rings. The van der Waals surface area contributed by atoms with E-state index in [1.165, 1.54) is 0 Å². The fraction of sp³-hybridized carbons (Fsp3) is 0.533. The Morgan fingerprint density at radius 3 is 2.63 bits per heavy atom. The number of hydrogen-bond donors (Lipinski definition) is 0. The van der Waals surface area contributed by atoms with Crippen LogP contribution in [0, 0.1) is 13.8 Å². The van der Waals surface area contributed by atoms with Crippen molar-refractivity contribution in [2.75, 3.05) is 19.8 Å². The summed E-state index contributed by atoms with van der Waals surface area (Å²) in [7, 11) is 0. The summed E-state index contributed by atoms with van der Waals surface area (Å²) >= 11 is 0. The summed E-state index contributed by atoms with van der Waals surface area (Å²) in [5.74, 6) is -0.467. The van der Waals surface area contributed by atoms with Crippen molar-refractivity contribution < 1.29 is 19.3 Å². The Kier molecular flexibility index (Phi) is 7.15. The molecule has 19 heavy (non-hydrogen) atoms. The lowest BCUT2D eigenvalue weighted by atomic mass is 10.1. The first kappa shape index (κ1) is 15.7. The summed E-state index contributed by atoms with van der Waals surface area (Å²) in [6, 6.07) is 5.55. The van der Waals surface area contributed by atoms with Crippen molar-refractivity contribution in [3.8, 4) is 0 Å². The fourth-order valence-electron chi connectivity index (χ4n) is 1.62. The molecule has 1 rings (SSSR count). The highest BCUT2D eigenvalue weighted by Crippen LogP contribution is 2.11. The molecule has 0 amide bonds. The number of aryl methyl sites for hydroxylation is 2. The first-order chi connectivity index (χ1) is 9.15. The number of ether oxygens (including phenoxy) is 1. The van der Waals surface area contributed by atoms with Crippen LogP contribution in [0.15, 0.2) is 18.2 Å². The van der Waals surface area contributed by atoms with Gasteiger partial charge in [-0.05, 0) is 31.9 Å². The summed E-state index contributed by atoms with van der Waals surface area (Å²) in [4.78, 5) is 21.3. The molecule has 0 aliphatic rings. The standard InChI is InChI=1S/C15H22O4/c1-4-5-8-17-9-10-18-19-15(16)14-7-6-12(2)11-13(14)3/h6-7,11H,4-5,8-10H2,1-3H3. The molecule has 0 N–H and O–H groups in total. The van der Waals surface area contributed by atoms with Crippen molar-refractivity contribution >= 4 is 5.97 Å². The normalized spacial score (nSPS) is 10.5. The number of carbonyl (C=O) groups excluding carboxylic acids is 1. The van der Waals surface area contributed by atoms with Crippen LogP contribution in [-0.4, -0.2) is 25.8 Å². The van der Waals surface area contributed by atoms with E-state index in [2.05, 4.69) is 6.92 Å². The second kappa shape index (κ2) is 8.67. The number of unbranched alkanes of at least 4 members (excludes halogenated alkanes) is 1. The summed E-state index contributed by atoms with van der Waals surface area (Å²) < 4.78 is 5.28. The molecule has 0 radical (unpaired) electrons. The first-order valence-electron chi connectivity index (χ1n) is 6.64. The zero-order chi connectivity index (χ0) is 14.1. The molecule has 0 aliphatic carbocycles. The lowest BCUT2D eigenvalue weighted by Gasteiger charge is -2.07. The minimum atomic E-state index is -0.467. The molecule has 0 aliphatic heterocycles. The largest absolute Gasteiger partial charge is 0.379 e. The maximum absolute atomic E-state index is 11.7. The summed E-state index contributed by atoms with van der Waals surface area (Å²) in [5, 5.41) is 0. The average molecular weight is 266 g/mol. The van der Waals surface area contributed by atoms with E-state index in [-0.39, 0.29) is 6.61 Å². The lowest BCUT2D eigenvalue weighted by Crippen LogP contribution is -2.11. The van der Waals surface area contributed by atoms with Crippen molar-refractivity contribution in [3.63, 3.8) is 0 Å². The van der Waals surface area contributed by atoms with E-state index in [4.69, 9.17) is 14.5 Å². The predicted molar refractivity (Wildman–Crippen MR) is 73.0 cm³/mol. The van der Waals surface area contributed by atoms with Gasteiger partial charge in [-0.25, -0.2) is 4.79 Å². The van der Waals surface area contributed by atoms with Gasteiger partial charge in [0.05, 0.1) is 12.2 Å². The van der Waals surface area contributed by atoms with E-state index < -0.39 is 5.97 Å². The van der Waals surface area contributed by atoms with Gasteiger partial charge in [-0.15, -0.1) is 0 Å². The minimum Gasteiger partial charge on any atom is -0.379 e. The van der Waals surface area contributed by atoms with Crippen LogP contribution in [0.4, 0.5) is 0 Å². The van der Waals surface area contributed by atoms with Crippen LogP contribution in [-0.2, 0) is 14.5 Å². The highest BCUT2D eigenvalue weighted by molar-refractivity contribution is 5.90. The molecule has 0 aromatic heterocycles. The van der Waals surface area contributed by atoms with Crippen LogP contribution in [0.1, 0.15) is 41.3 Å². The molecular formula is C15H22O4. The third-order valence-corrected chi connectivity index (χ3v) is 2.69. The molecule has 4 heteroatoms. The molecule has 0 spiro atoms.